The van der Waals surface area contributed by atoms with Crippen molar-refractivity contribution in [2.75, 3.05) is 39.4 Å². The monoisotopic (exact) mass is 438 g/mol. The van der Waals surface area contributed by atoms with Gasteiger partial charge in [0.2, 0.25) is 5.76 Å². The van der Waals surface area contributed by atoms with Gasteiger partial charge in [-0.15, -0.1) is 0 Å². The van der Waals surface area contributed by atoms with Gasteiger partial charge in [-0.1, -0.05) is 35.9 Å². The van der Waals surface area contributed by atoms with Gasteiger partial charge in [-0.05, 0) is 36.2 Å². The average Bonchev–Trinajstić information content (AvgIpc) is 3.07. The summed E-state index contributed by atoms with van der Waals surface area (Å²) in [6.07, 6.45) is 0.803. The molecule has 0 radical (unpaired) electrons. The Morgan fingerprint density at radius 2 is 1.71 bits per heavy atom. The van der Waals surface area contributed by atoms with Crippen LogP contribution in [0.15, 0.2) is 57.7 Å². The van der Waals surface area contributed by atoms with Gasteiger partial charge in [0, 0.05) is 31.2 Å². The van der Waals surface area contributed by atoms with Crippen molar-refractivity contribution in [3.63, 3.8) is 0 Å². The maximum Gasteiger partial charge on any atom is 0.290 e. The normalized spacial score (nSPS) is 19.2. The fourth-order valence-corrected chi connectivity index (χ4v) is 4.60. The Morgan fingerprint density at radius 1 is 0.968 bits per heavy atom. The third-order valence-electron chi connectivity index (χ3n) is 6.04. The summed E-state index contributed by atoms with van der Waals surface area (Å²) in [5.41, 5.74) is 1.55. The lowest BCUT2D eigenvalue weighted by Crippen LogP contribution is -2.38. The highest BCUT2D eigenvalue weighted by atomic mass is 35.5. The van der Waals surface area contributed by atoms with Crippen LogP contribution in [0.4, 0.5) is 0 Å². The average molecular weight is 439 g/mol. The van der Waals surface area contributed by atoms with Crippen LogP contribution in [0, 0.1) is 0 Å². The first kappa shape index (κ1) is 20.2. The molecular formula is C24H23ClN2O4. The second kappa shape index (κ2) is 8.46. The van der Waals surface area contributed by atoms with Gasteiger partial charge in [-0.2, -0.15) is 0 Å². The van der Waals surface area contributed by atoms with E-state index in [4.69, 9.17) is 20.8 Å². The molecule has 1 unspecified atom stereocenters. The van der Waals surface area contributed by atoms with Crippen LogP contribution in [0.3, 0.4) is 0 Å². The van der Waals surface area contributed by atoms with Gasteiger partial charge >= 0.3 is 0 Å². The Hall–Kier alpha value is -2.67. The van der Waals surface area contributed by atoms with Crippen LogP contribution in [-0.2, 0) is 4.74 Å². The quantitative estimate of drug-likeness (QED) is 0.607. The second-order valence-electron chi connectivity index (χ2n) is 7.93. The van der Waals surface area contributed by atoms with E-state index in [-0.39, 0.29) is 17.1 Å². The van der Waals surface area contributed by atoms with E-state index in [9.17, 15) is 9.59 Å². The number of ether oxygens (including phenoxy) is 1. The van der Waals surface area contributed by atoms with Crippen molar-refractivity contribution in [1.82, 2.24) is 9.80 Å². The molecule has 2 aliphatic heterocycles. The predicted octanol–water partition coefficient (Wildman–Crippen LogP) is 3.71. The number of carbonyl (C=O) groups is 1. The molecule has 3 aromatic rings. The van der Waals surface area contributed by atoms with Crippen LogP contribution < -0.4 is 5.43 Å². The fraction of sp³-hybridized carbons (Fsp3) is 0.333. The molecule has 160 valence electrons. The van der Waals surface area contributed by atoms with Gasteiger partial charge in [0.15, 0.2) is 5.43 Å². The molecular weight excluding hydrogens is 416 g/mol. The van der Waals surface area contributed by atoms with Crippen LogP contribution in [0.25, 0.3) is 11.0 Å². The first-order valence-electron chi connectivity index (χ1n) is 10.6. The number of halogens is 1. The van der Waals surface area contributed by atoms with Crippen molar-refractivity contribution in [1.29, 1.82) is 0 Å². The van der Waals surface area contributed by atoms with Crippen LogP contribution in [0.5, 0.6) is 0 Å². The smallest absolute Gasteiger partial charge is 0.290 e. The Labute approximate surface area is 185 Å². The summed E-state index contributed by atoms with van der Waals surface area (Å²) >= 11 is 6.09. The summed E-state index contributed by atoms with van der Waals surface area (Å²) < 4.78 is 11.4. The topological polar surface area (TPSA) is 63.0 Å². The van der Waals surface area contributed by atoms with Crippen LogP contribution >= 0.6 is 11.6 Å². The Morgan fingerprint density at radius 3 is 2.48 bits per heavy atom. The van der Waals surface area contributed by atoms with Gasteiger partial charge in [0.05, 0.1) is 30.2 Å². The van der Waals surface area contributed by atoms with E-state index in [0.717, 1.165) is 44.8 Å². The van der Waals surface area contributed by atoms with E-state index in [1.54, 1.807) is 41.3 Å². The number of para-hydroxylation sites is 1. The van der Waals surface area contributed by atoms with E-state index in [0.29, 0.717) is 28.1 Å². The van der Waals surface area contributed by atoms with Crippen molar-refractivity contribution in [2.24, 2.45) is 0 Å². The molecule has 7 heteroatoms. The maximum absolute atomic E-state index is 13.4. The number of nitrogens with zero attached hydrogens (tertiary/aromatic N) is 2. The van der Waals surface area contributed by atoms with Gasteiger partial charge < -0.3 is 14.1 Å². The Balaban J connectivity index is 1.52. The van der Waals surface area contributed by atoms with Gasteiger partial charge in [-0.3, -0.25) is 14.5 Å². The molecule has 2 aromatic carbocycles. The molecule has 3 heterocycles. The molecule has 5 rings (SSSR count). The zero-order valence-corrected chi connectivity index (χ0v) is 17.8. The predicted molar refractivity (Wildman–Crippen MR) is 119 cm³/mol. The lowest BCUT2D eigenvalue weighted by atomic mass is 9.98. The summed E-state index contributed by atoms with van der Waals surface area (Å²) in [6, 6.07) is 13.9. The van der Waals surface area contributed by atoms with Crippen molar-refractivity contribution >= 4 is 28.5 Å². The number of rotatable bonds is 5. The van der Waals surface area contributed by atoms with Crippen molar-refractivity contribution < 1.29 is 13.9 Å². The third kappa shape index (κ3) is 3.76. The number of fused-ring (bicyclic) bond motifs is 2. The van der Waals surface area contributed by atoms with Crippen LogP contribution in [0.2, 0.25) is 5.02 Å². The van der Waals surface area contributed by atoms with Crippen molar-refractivity contribution in [3.05, 3.63) is 80.7 Å². The van der Waals surface area contributed by atoms with Crippen molar-refractivity contribution in [3.8, 4) is 0 Å². The summed E-state index contributed by atoms with van der Waals surface area (Å²) in [6.45, 7) is 4.70. The van der Waals surface area contributed by atoms with Crippen LogP contribution in [0.1, 0.15) is 34.1 Å². The van der Waals surface area contributed by atoms with Gasteiger partial charge in [-0.25, -0.2) is 0 Å². The molecule has 31 heavy (non-hydrogen) atoms. The molecule has 0 N–H and O–H groups in total. The summed E-state index contributed by atoms with van der Waals surface area (Å²) in [5.74, 6) is -0.0881. The number of morpholine rings is 1. The van der Waals surface area contributed by atoms with E-state index < -0.39 is 6.04 Å². The maximum atomic E-state index is 13.4. The molecule has 0 bridgehead atoms. The molecule has 1 atom stereocenters. The first-order chi connectivity index (χ1) is 15.1. The minimum absolute atomic E-state index is 0.148. The minimum atomic E-state index is -0.481. The van der Waals surface area contributed by atoms with Gasteiger partial charge in [0.25, 0.3) is 5.91 Å². The molecule has 1 saturated heterocycles. The summed E-state index contributed by atoms with van der Waals surface area (Å²) in [7, 11) is 0. The standard InChI is InChI=1S/C24H23ClN2O4/c25-17-8-6-16(7-9-17)21-20-22(28)18-4-1-2-5-19(18)31-23(20)24(29)27(21)11-3-10-26-12-14-30-15-13-26/h1-2,4-9,21H,3,10-15H2. The Kier molecular flexibility index (Phi) is 5.52. The zero-order chi connectivity index (χ0) is 21.4. The molecule has 0 spiro atoms. The largest absolute Gasteiger partial charge is 0.450 e. The summed E-state index contributed by atoms with van der Waals surface area (Å²) in [5, 5.41) is 1.10. The molecule has 0 saturated carbocycles. The fourth-order valence-electron chi connectivity index (χ4n) is 4.48. The van der Waals surface area contributed by atoms with Gasteiger partial charge in [0.1, 0.15) is 5.58 Å². The number of hydrogen-bond acceptors (Lipinski definition) is 5. The molecule has 1 aromatic heterocycles. The molecule has 1 amide bonds. The Bertz CT molecular complexity index is 1170. The molecule has 1 fully saturated rings. The van der Waals surface area contributed by atoms with E-state index in [1.807, 2.05) is 12.1 Å². The number of benzene rings is 2. The lowest BCUT2D eigenvalue weighted by Gasteiger charge is -2.29. The second-order valence-corrected chi connectivity index (χ2v) is 8.37. The van der Waals surface area contributed by atoms with E-state index >= 15 is 0 Å². The third-order valence-corrected chi connectivity index (χ3v) is 6.29. The molecule has 0 aliphatic carbocycles. The number of hydrogen-bond donors (Lipinski definition) is 0. The lowest BCUT2D eigenvalue weighted by molar-refractivity contribution is 0.0353. The summed E-state index contributed by atoms with van der Waals surface area (Å²) in [4.78, 5) is 30.9. The van der Waals surface area contributed by atoms with Crippen LogP contribution in [-0.4, -0.2) is 55.1 Å². The van der Waals surface area contributed by atoms with E-state index in [1.165, 1.54) is 0 Å². The molecule has 6 nitrogen and oxygen atoms in total. The number of carbonyl (C=O) groups excluding carboxylic acids is 1. The highest BCUT2D eigenvalue weighted by Crippen LogP contribution is 2.38. The minimum Gasteiger partial charge on any atom is -0.450 e. The highest BCUT2D eigenvalue weighted by Gasteiger charge is 2.42. The SMILES string of the molecule is O=C1c2oc3ccccc3c(=O)c2C(c2ccc(Cl)cc2)N1CCCN1CCOCC1. The number of amides is 1. The van der Waals surface area contributed by atoms with Crippen molar-refractivity contribution in [2.45, 2.75) is 12.5 Å². The highest BCUT2D eigenvalue weighted by molar-refractivity contribution is 6.30. The molecule has 2 aliphatic rings. The first-order valence-corrected chi connectivity index (χ1v) is 10.9. The van der Waals surface area contributed by atoms with E-state index in [2.05, 4.69) is 4.90 Å². The zero-order valence-electron chi connectivity index (χ0n) is 17.1.